The van der Waals surface area contributed by atoms with Crippen LogP contribution in [0.25, 0.3) is 0 Å². The van der Waals surface area contributed by atoms with Crippen molar-refractivity contribution in [3.63, 3.8) is 0 Å². The maximum atomic E-state index is 13.7. The smallest absolute Gasteiger partial charge is 0.416 e. The van der Waals surface area contributed by atoms with Gasteiger partial charge in [0.05, 0.1) is 30.3 Å². The van der Waals surface area contributed by atoms with Crippen molar-refractivity contribution in [2.75, 3.05) is 37.4 Å². The number of amides is 4. The molecule has 12 heteroatoms. The predicted octanol–water partition coefficient (Wildman–Crippen LogP) is 5.61. The molecule has 3 atom stereocenters. The van der Waals surface area contributed by atoms with Gasteiger partial charge in [-0.25, -0.2) is 4.79 Å². The molecule has 1 heterocycles. The standard InChI is InChI=1S/C31H39F3N4O5/c1-19-16-38(20(2)18-39)29(41)25-15-24(35-28(40)21-7-5-4-6-8-21)13-14-26(25)43-27(19)17-37(3)30(42)36-23-11-9-22(10-12-23)31(32,33)34/h9-15,19-21,27,39H,4-8,16-18H2,1-3H3,(H,35,40)(H,36,42)/t19-,20-,27-/m1/s1. The van der Waals surface area contributed by atoms with E-state index in [0.29, 0.717) is 5.69 Å². The molecule has 1 saturated carbocycles. The summed E-state index contributed by atoms with van der Waals surface area (Å²) in [5.41, 5.74) is 0.0944. The Morgan fingerprint density at radius 3 is 2.35 bits per heavy atom. The van der Waals surface area contributed by atoms with Crippen molar-refractivity contribution in [2.45, 2.75) is 64.3 Å². The molecule has 2 aliphatic rings. The quantitative estimate of drug-likeness (QED) is 0.381. The van der Waals surface area contributed by atoms with Gasteiger partial charge in [0.2, 0.25) is 5.91 Å². The van der Waals surface area contributed by atoms with Crippen molar-refractivity contribution < 1.29 is 37.4 Å². The molecule has 1 aliphatic heterocycles. The van der Waals surface area contributed by atoms with E-state index in [1.54, 1.807) is 37.1 Å². The van der Waals surface area contributed by atoms with Crippen LogP contribution in [0.3, 0.4) is 0 Å². The maximum absolute atomic E-state index is 13.7. The number of fused-ring (bicyclic) bond motifs is 1. The number of carbonyl (C=O) groups excluding carboxylic acids is 3. The van der Waals surface area contributed by atoms with Crippen molar-refractivity contribution >= 4 is 29.2 Å². The Morgan fingerprint density at radius 2 is 1.72 bits per heavy atom. The third-order valence-electron chi connectivity index (χ3n) is 8.17. The van der Waals surface area contributed by atoms with Gasteiger partial charge in [-0.2, -0.15) is 13.2 Å². The number of likely N-dealkylation sites (N-methyl/N-ethyl adjacent to an activating group) is 1. The molecule has 0 radical (unpaired) electrons. The molecular formula is C31H39F3N4O5. The van der Waals surface area contributed by atoms with E-state index in [1.165, 1.54) is 17.0 Å². The number of benzene rings is 2. The number of halogens is 3. The molecule has 2 aromatic rings. The number of ether oxygens (including phenoxy) is 1. The van der Waals surface area contributed by atoms with Gasteiger partial charge in [0.1, 0.15) is 11.9 Å². The lowest BCUT2D eigenvalue weighted by atomic mass is 9.88. The Balaban J connectivity index is 1.52. The van der Waals surface area contributed by atoms with Gasteiger partial charge in [-0.05, 0) is 62.2 Å². The molecule has 43 heavy (non-hydrogen) atoms. The highest BCUT2D eigenvalue weighted by Crippen LogP contribution is 2.32. The molecule has 0 saturated heterocycles. The summed E-state index contributed by atoms with van der Waals surface area (Å²) in [5, 5.41) is 15.4. The van der Waals surface area contributed by atoms with Gasteiger partial charge in [-0.3, -0.25) is 9.59 Å². The Bertz CT molecular complexity index is 1300. The predicted molar refractivity (Wildman–Crippen MR) is 156 cm³/mol. The van der Waals surface area contributed by atoms with Crippen molar-refractivity contribution in [1.29, 1.82) is 0 Å². The number of hydrogen-bond donors (Lipinski definition) is 3. The summed E-state index contributed by atoms with van der Waals surface area (Å²) in [6, 6.07) is 8.00. The number of hydrogen-bond acceptors (Lipinski definition) is 5. The first-order valence-corrected chi connectivity index (χ1v) is 14.6. The number of nitrogens with zero attached hydrogens (tertiary/aromatic N) is 2. The van der Waals surface area contributed by atoms with E-state index in [0.717, 1.165) is 44.2 Å². The van der Waals surface area contributed by atoms with Crippen LogP contribution < -0.4 is 15.4 Å². The zero-order chi connectivity index (χ0) is 31.3. The van der Waals surface area contributed by atoms with E-state index in [9.17, 15) is 32.7 Å². The minimum absolute atomic E-state index is 0.0666. The van der Waals surface area contributed by atoms with Crippen LogP contribution in [-0.4, -0.2) is 71.6 Å². The minimum Gasteiger partial charge on any atom is -0.487 e. The third kappa shape index (κ3) is 7.98. The Morgan fingerprint density at radius 1 is 1.07 bits per heavy atom. The second-order valence-corrected chi connectivity index (χ2v) is 11.5. The molecule has 0 aromatic heterocycles. The third-order valence-corrected chi connectivity index (χ3v) is 8.17. The summed E-state index contributed by atoms with van der Waals surface area (Å²) in [5.74, 6) is -0.472. The topological polar surface area (TPSA) is 111 Å². The molecule has 9 nitrogen and oxygen atoms in total. The summed E-state index contributed by atoms with van der Waals surface area (Å²) >= 11 is 0. The summed E-state index contributed by atoms with van der Waals surface area (Å²) in [6.45, 7) is 3.69. The zero-order valence-corrected chi connectivity index (χ0v) is 24.6. The lowest BCUT2D eigenvalue weighted by molar-refractivity contribution is -0.137. The lowest BCUT2D eigenvalue weighted by Crippen LogP contribution is -2.50. The first-order chi connectivity index (χ1) is 20.4. The number of urea groups is 1. The summed E-state index contributed by atoms with van der Waals surface area (Å²) in [6.07, 6.45) is -0.241. The fraction of sp³-hybridized carbons (Fsp3) is 0.516. The van der Waals surface area contributed by atoms with E-state index in [2.05, 4.69) is 10.6 Å². The number of alkyl halides is 3. The van der Waals surface area contributed by atoms with Crippen LogP contribution >= 0.6 is 0 Å². The minimum atomic E-state index is -4.48. The second kappa shape index (κ2) is 13.7. The molecule has 2 aromatic carbocycles. The van der Waals surface area contributed by atoms with Gasteiger partial charge in [-0.15, -0.1) is 0 Å². The fourth-order valence-corrected chi connectivity index (χ4v) is 5.44. The van der Waals surface area contributed by atoms with E-state index < -0.39 is 29.9 Å². The lowest BCUT2D eigenvalue weighted by Gasteiger charge is -2.38. The first kappa shape index (κ1) is 32.1. The Labute approximate surface area is 249 Å². The summed E-state index contributed by atoms with van der Waals surface area (Å²) in [7, 11) is 1.54. The Kier molecular flexibility index (Phi) is 10.2. The van der Waals surface area contributed by atoms with Gasteiger partial charge < -0.3 is 30.3 Å². The van der Waals surface area contributed by atoms with E-state index in [4.69, 9.17) is 4.74 Å². The van der Waals surface area contributed by atoms with E-state index in [-0.39, 0.29) is 60.3 Å². The number of aliphatic hydroxyl groups is 1. The number of nitrogens with one attached hydrogen (secondary N) is 2. The van der Waals surface area contributed by atoms with Crippen LogP contribution in [0.2, 0.25) is 0 Å². The molecule has 234 valence electrons. The average molecular weight is 605 g/mol. The van der Waals surface area contributed by atoms with E-state index in [1.807, 2.05) is 6.92 Å². The Hall–Kier alpha value is -3.80. The molecule has 1 fully saturated rings. The van der Waals surface area contributed by atoms with Crippen LogP contribution in [0.5, 0.6) is 5.75 Å². The molecular weight excluding hydrogens is 565 g/mol. The highest BCUT2D eigenvalue weighted by Gasteiger charge is 2.35. The van der Waals surface area contributed by atoms with Gasteiger partial charge in [0.15, 0.2) is 0 Å². The fourth-order valence-electron chi connectivity index (χ4n) is 5.44. The molecule has 4 amide bonds. The van der Waals surface area contributed by atoms with Crippen LogP contribution in [0.15, 0.2) is 42.5 Å². The van der Waals surface area contributed by atoms with Crippen molar-refractivity contribution in [3.8, 4) is 5.75 Å². The van der Waals surface area contributed by atoms with Gasteiger partial charge in [0, 0.05) is 36.8 Å². The van der Waals surface area contributed by atoms with Crippen LogP contribution in [0.1, 0.15) is 61.9 Å². The van der Waals surface area contributed by atoms with Gasteiger partial charge in [-0.1, -0.05) is 26.2 Å². The number of anilines is 2. The largest absolute Gasteiger partial charge is 0.487 e. The number of aliphatic hydroxyl groups excluding tert-OH is 1. The van der Waals surface area contributed by atoms with Crippen LogP contribution in [0, 0.1) is 11.8 Å². The van der Waals surface area contributed by atoms with Crippen molar-refractivity contribution in [2.24, 2.45) is 11.8 Å². The van der Waals surface area contributed by atoms with Crippen molar-refractivity contribution in [3.05, 3.63) is 53.6 Å². The average Bonchev–Trinajstić information content (AvgIpc) is 2.99. The highest BCUT2D eigenvalue weighted by atomic mass is 19.4. The van der Waals surface area contributed by atoms with Crippen molar-refractivity contribution in [1.82, 2.24) is 9.80 Å². The molecule has 0 bridgehead atoms. The highest BCUT2D eigenvalue weighted by molar-refractivity contribution is 6.00. The molecule has 3 N–H and O–H groups in total. The summed E-state index contributed by atoms with van der Waals surface area (Å²) in [4.78, 5) is 42.4. The molecule has 0 spiro atoms. The SMILES string of the molecule is C[C@@H]1CN([C@H](C)CO)C(=O)c2cc(NC(=O)C3CCCCC3)ccc2O[C@@H]1CN(C)C(=O)Nc1ccc(C(F)(F)F)cc1. The number of rotatable bonds is 7. The molecule has 1 aliphatic carbocycles. The zero-order valence-electron chi connectivity index (χ0n) is 24.6. The van der Waals surface area contributed by atoms with E-state index >= 15 is 0 Å². The second-order valence-electron chi connectivity index (χ2n) is 11.5. The normalized spacial score (nSPS) is 20.3. The summed E-state index contributed by atoms with van der Waals surface area (Å²) < 4.78 is 45.0. The van der Waals surface area contributed by atoms with Gasteiger partial charge in [0.25, 0.3) is 5.91 Å². The molecule has 0 unspecified atom stereocenters. The molecule has 4 rings (SSSR count). The maximum Gasteiger partial charge on any atom is 0.416 e. The van der Waals surface area contributed by atoms with Crippen LogP contribution in [0.4, 0.5) is 29.3 Å². The number of carbonyl (C=O) groups is 3. The van der Waals surface area contributed by atoms with Crippen LogP contribution in [-0.2, 0) is 11.0 Å². The first-order valence-electron chi connectivity index (χ1n) is 14.6. The monoisotopic (exact) mass is 604 g/mol. The van der Waals surface area contributed by atoms with Gasteiger partial charge >= 0.3 is 12.2 Å².